The summed E-state index contributed by atoms with van der Waals surface area (Å²) in [5.41, 5.74) is 0.679. The zero-order chi connectivity index (χ0) is 15.7. The lowest BCUT2D eigenvalue weighted by Crippen LogP contribution is -2.38. The molecule has 2 unspecified atom stereocenters. The van der Waals surface area contributed by atoms with E-state index in [1.807, 2.05) is 6.07 Å². The van der Waals surface area contributed by atoms with Crippen molar-refractivity contribution in [3.63, 3.8) is 0 Å². The Morgan fingerprint density at radius 1 is 1.19 bits per heavy atom. The van der Waals surface area contributed by atoms with Crippen molar-refractivity contribution < 1.29 is 19.8 Å². The highest BCUT2D eigenvalue weighted by Gasteiger charge is 2.22. The fourth-order valence-electron chi connectivity index (χ4n) is 2.01. The van der Waals surface area contributed by atoms with Crippen LogP contribution >= 0.6 is 0 Å². The van der Waals surface area contributed by atoms with E-state index in [1.165, 1.54) is 6.92 Å². The van der Waals surface area contributed by atoms with Crippen molar-refractivity contribution in [1.29, 1.82) is 0 Å². The molecule has 0 radical (unpaired) electrons. The van der Waals surface area contributed by atoms with Crippen LogP contribution in [0.25, 0.3) is 0 Å². The number of aliphatic hydroxyl groups is 1. The number of nitrogens with one attached hydrogen (secondary N) is 2. The van der Waals surface area contributed by atoms with Crippen LogP contribution < -0.4 is 10.6 Å². The Bertz CT molecular complexity index is 450. The zero-order valence-corrected chi connectivity index (χ0v) is 12.1. The van der Waals surface area contributed by atoms with E-state index in [2.05, 4.69) is 10.6 Å². The molecule has 4 N–H and O–H groups in total. The largest absolute Gasteiger partial charge is 0.481 e. The van der Waals surface area contributed by atoms with Gasteiger partial charge in [0.15, 0.2) is 0 Å². The molecular weight excluding hydrogens is 272 g/mol. The number of amides is 1. The molecule has 1 aromatic carbocycles. The number of aliphatic hydroxyl groups excluding tert-OH is 1. The van der Waals surface area contributed by atoms with Gasteiger partial charge in [-0.3, -0.25) is 9.59 Å². The van der Waals surface area contributed by atoms with E-state index in [-0.39, 0.29) is 12.3 Å². The third-order valence-electron chi connectivity index (χ3n) is 3.05. The first kappa shape index (κ1) is 17.1. The topological polar surface area (TPSA) is 98.7 Å². The predicted molar refractivity (Wildman–Crippen MR) is 78.7 cm³/mol. The minimum Gasteiger partial charge on any atom is -0.481 e. The Balaban J connectivity index is 2.51. The maximum Gasteiger partial charge on any atom is 0.305 e. The molecule has 6 heteroatoms. The molecule has 0 heterocycles. The molecular formula is C15H22N2O4. The molecule has 0 saturated heterocycles. The van der Waals surface area contributed by atoms with Gasteiger partial charge in [-0.15, -0.1) is 0 Å². The van der Waals surface area contributed by atoms with Crippen molar-refractivity contribution in [2.45, 2.75) is 31.9 Å². The Hall–Kier alpha value is -1.92. The minimum atomic E-state index is -0.968. The maximum atomic E-state index is 10.9. The van der Waals surface area contributed by atoms with Crippen LogP contribution in [0.15, 0.2) is 30.3 Å². The molecule has 0 fully saturated rings. The van der Waals surface area contributed by atoms with Crippen molar-refractivity contribution in [3.05, 3.63) is 35.9 Å². The zero-order valence-electron chi connectivity index (χ0n) is 12.1. The predicted octanol–water partition coefficient (Wildman–Crippen LogP) is 0.679. The first-order valence-corrected chi connectivity index (χ1v) is 6.93. The van der Waals surface area contributed by atoms with Gasteiger partial charge in [-0.1, -0.05) is 30.3 Å². The van der Waals surface area contributed by atoms with Crippen molar-refractivity contribution in [1.82, 2.24) is 10.6 Å². The summed E-state index contributed by atoms with van der Waals surface area (Å²) >= 11 is 0. The average Bonchev–Trinajstić information content (AvgIpc) is 2.45. The van der Waals surface area contributed by atoms with Crippen LogP contribution in [0.2, 0.25) is 0 Å². The second-order valence-electron chi connectivity index (χ2n) is 4.85. The molecule has 0 bridgehead atoms. The van der Waals surface area contributed by atoms with Gasteiger partial charge in [-0.05, 0) is 18.5 Å². The fourth-order valence-corrected chi connectivity index (χ4v) is 2.01. The second-order valence-corrected chi connectivity index (χ2v) is 4.85. The number of rotatable bonds is 9. The molecule has 1 aromatic rings. The summed E-state index contributed by atoms with van der Waals surface area (Å²) in [5.74, 6) is -1.06. The highest BCUT2D eigenvalue weighted by atomic mass is 16.4. The summed E-state index contributed by atoms with van der Waals surface area (Å²) in [6, 6.07) is 8.39. The summed E-state index contributed by atoms with van der Waals surface area (Å²) in [6.07, 6.45) is -0.393. The lowest BCUT2D eigenvalue weighted by Gasteiger charge is -2.23. The van der Waals surface area contributed by atoms with Crippen molar-refractivity contribution >= 4 is 11.9 Å². The van der Waals surface area contributed by atoms with Crippen LogP contribution in [0.3, 0.4) is 0 Å². The molecule has 6 nitrogen and oxygen atoms in total. The lowest BCUT2D eigenvalue weighted by atomic mass is 9.99. The molecule has 0 aliphatic rings. The van der Waals surface area contributed by atoms with Crippen LogP contribution in [0.5, 0.6) is 0 Å². The first-order chi connectivity index (χ1) is 10.0. The van der Waals surface area contributed by atoms with Gasteiger partial charge in [0.05, 0.1) is 12.5 Å². The highest BCUT2D eigenvalue weighted by Crippen LogP contribution is 2.18. The monoisotopic (exact) mass is 294 g/mol. The van der Waals surface area contributed by atoms with Gasteiger partial charge in [-0.25, -0.2) is 0 Å². The average molecular weight is 294 g/mol. The normalized spacial score (nSPS) is 13.4. The molecule has 1 rings (SSSR count). The number of benzene rings is 1. The number of hydrogen-bond acceptors (Lipinski definition) is 4. The van der Waals surface area contributed by atoms with Gasteiger partial charge in [0.25, 0.3) is 0 Å². The van der Waals surface area contributed by atoms with Gasteiger partial charge in [0.1, 0.15) is 0 Å². The third kappa shape index (κ3) is 6.87. The fraction of sp³-hybridized carbons (Fsp3) is 0.467. The molecule has 0 spiro atoms. The summed E-state index contributed by atoms with van der Waals surface area (Å²) in [6.45, 7) is 2.48. The standard InChI is InChI=1S/C15H22N2O4/c1-11(18)16-8-5-9-17-13(10-14(19)20)15(21)12-6-3-2-4-7-12/h2-4,6-7,13,15,17,21H,5,8-10H2,1H3,(H,16,18)(H,19,20). The van der Waals surface area contributed by atoms with Gasteiger partial charge in [0, 0.05) is 19.5 Å². The number of carboxylic acid groups (broad SMARTS) is 1. The number of hydrogen-bond donors (Lipinski definition) is 4. The summed E-state index contributed by atoms with van der Waals surface area (Å²) in [5, 5.41) is 24.9. The van der Waals surface area contributed by atoms with E-state index < -0.39 is 18.1 Å². The van der Waals surface area contributed by atoms with Crippen molar-refractivity contribution in [2.24, 2.45) is 0 Å². The number of aliphatic carboxylic acids is 1. The number of carbonyl (C=O) groups excluding carboxylic acids is 1. The number of carboxylic acids is 1. The molecule has 116 valence electrons. The first-order valence-electron chi connectivity index (χ1n) is 6.93. The molecule has 0 aromatic heterocycles. The van der Waals surface area contributed by atoms with Gasteiger partial charge < -0.3 is 20.8 Å². The Morgan fingerprint density at radius 3 is 2.43 bits per heavy atom. The van der Waals surface area contributed by atoms with E-state index >= 15 is 0 Å². The van der Waals surface area contributed by atoms with E-state index in [0.717, 1.165) is 0 Å². The molecule has 1 amide bonds. The maximum absolute atomic E-state index is 10.9. The van der Waals surface area contributed by atoms with E-state index in [4.69, 9.17) is 5.11 Å². The van der Waals surface area contributed by atoms with E-state index in [9.17, 15) is 14.7 Å². The Labute approximate surface area is 124 Å². The van der Waals surface area contributed by atoms with Crippen LogP contribution in [-0.4, -0.2) is 41.2 Å². The van der Waals surface area contributed by atoms with Crippen LogP contribution in [-0.2, 0) is 9.59 Å². The van der Waals surface area contributed by atoms with Crippen molar-refractivity contribution in [3.8, 4) is 0 Å². The molecule has 21 heavy (non-hydrogen) atoms. The smallest absolute Gasteiger partial charge is 0.305 e. The molecule has 0 aliphatic heterocycles. The minimum absolute atomic E-state index is 0.0959. The number of carbonyl (C=O) groups is 2. The highest BCUT2D eigenvalue weighted by molar-refractivity contribution is 5.72. The SMILES string of the molecule is CC(=O)NCCCNC(CC(=O)O)C(O)c1ccccc1. The summed E-state index contributed by atoms with van der Waals surface area (Å²) in [4.78, 5) is 21.6. The molecule has 0 saturated carbocycles. The van der Waals surface area contributed by atoms with Crippen molar-refractivity contribution in [2.75, 3.05) is 13.1 Å². The van der Waals surface area contributed by atoms with Gasteiger partial charge in [-0.2, -0.15) is 0 Å². The van der Waals surface area contributed by atoms with E-state index in [0.29, 0.717) is 25.1 Å². The molecule has 2 atom stereocenters. The van der Waals surface area contributed by atoms with E-state index in [1.54, 1.807) is 24.3 Å². The summed E-state index contributed by atoms with van der Waals surface area (Å²) < 4.78 is 0. The third-order valence-corrected chi connectivity index (χ3v) is 3.05. The quantitative estimate of drug-likeness (QED) is 0.502. The second kappa shape index (κ2) is 9.10. The van der Waals surface area contributed by atoms with Crippen LogP contribution in [0.4, 0.5) is 0 Å². The Kier molecular flexibility index (Phi) is 7.42. The van der Waals surface area contributed by atoms with Crippen LogP contribution in [0, 0.1) is 0 Å². The van der Waals surface area contributed by atoms with Crippen LogP contribution in [0.1, 0.15) is 31.4 Å². The van der Waals surface area contributed by atoms with Gasteiger partial charge in [0.2, 0.25) is 5.91 Å². The Morgan fingerprint density at radius 2 is 1.86 bits per heavy atom. The molecule has 0 aliphatic carbocycles. The lowest BCUT2D eigenvalue weighted by molar-refractivity contribution is -0.138. The van der Waals surface area contributed by atoms with Gasteiger partial charge >= 0.3 is 5.97 Å². The summed E-state index contributed by atoms with van der Waals surface area (Å²) in [7, 11) is 0.